The van der Waals surface area contributed by atoms with Gasteiger partial charge in [0.15, 0.2) is 6.67 Å². The summed E-state index contributed by atoms with van der Waals surface area (Å²) >= 11 is 0. The monoisotopic (exact) mass is 418 g/mol. The average Bonchev–Trinajstić information content (AvgIpc) is 3.57. The number of rotatable bonds is 6. The van der Waals surface area contributed by atoms with Crippen molar-refractivity contribution in [1.82, 2.24) is 30.1 Å². The molecule has 3 aromatic rings. The Morgan fingerprint density at radius 3 is 2.77 bits per heavy atom. The molecular formula is C21H24N9O+. The van der Waals surface area contributed by atoms with Crippen LogP contribution in [0.15, 0.2) is 71.4 Å². The SMILES string of the molecule is CCN1C=C2N=CC(CO)=C[N+]2(N(C)c2ccc(-n3cccc3-c3nn[nH]n3)cc2)C1. The number of hydrogen-bond acceptors (Lipinski definition) is 7. The molecule has 0 saturated heterocycles. The quantitative estimate of drug-likeness (QED) is 0.593. The summed E-state index contributed by atoms with van der Waals surface area (Å²) in [7, 11) is 2.05. The molecule has 5 rings (SSSR count). The largest absolute Gasteiger partial charge is 0.391 e. The minimum atomic E-state index is -0.0395. The van der Waals surface area contributed by atoms with Gasteiger partial charge >= 0.3 is 0 Å². The fraction of sp³-hybridized carbons (Fsp3) is 0.238. The van der Waals surface area contributed by atoms with E-state index < -0.39 is 0 Å². The molecule has 0 saturated carbocycles. The van der Waals surface area contributed by atoms with Crippen molar-refractivity contribution in [3.63, 3.8) is 0 Å². The second kappa shape index (κ2) is 7.49. The molecular weight excluding hydrogens is 394 g/mol. The number of fused-ring (bicyclic) bond motifs is 1. The molecule has 0 bridgehead atoms. The summed E-state index contributed by atoms with van der Waals surface area (Å²) in [6.07, 6.45) is 7.87. The van der Waals surface area contributed by atoms with Gasteiger partial charge in [-0.25, -0.2) is 10.0 Å². The summed E-state index contributed by atoms with van der Waals surface area (Å²) in [5.41, 5.74) is 3.70. The van der Waals surface area contributed by atoms with Gasteiger partial charge in [-0.3, -0.25) is 0 Å². The summed E-state index contributed by atoms with van der Waals surface area (Å²) in [6.45, 7) is 3.70. The highest BCUT2D eigenvalue weighted by Gasteiger charge is 2.45. The van der Waals surface area contributed by atoms with E-state index in [0.29, 0.717) is 10.4 Å². The Bertz CT molecular complexity index is 1160. The van der Waals surface area contributed by atoms with Crippen LogP contribution in [0, 0.1) is 0 Å². The molecule has 10 heteroatoms. The molecule has 1 atom stereocenters. The molecule has 2 N–H and O–H groups in total. The lowest BCUT2D eigenvalue weighted by Gasteiger charge is -2.40. The van der Waals surface area contributed by atoms with Gasteiger partial charge in [0.1, 0.15) is 6.20 Å². The van der Waals surface area contributed by atoms with Gasteiger partial charge in [0.05, 0.1) is 36.8 Å². The number of aliphatic hydroxyl groups excluding tert-OH is 1. The molecule has 1 unspecified atom stereocenters. The van der Waals surface area contributed by atoms with Gasteiger partial charge in [-0.15, -0.1) is 14.8 Å². The van der Waals surface area contributed by atoms with Crippen LogP contribution in [0.1, 0.15) is 6.92 Å². The number of hydrogen-bond donors (Lipinski definition) is 2. The van der Waals surface area contributed by atoms with Crippen LogP contribution in [0.5, 0.6) is 0 Å². The van der Waals surface area contributed by atoms with E-state index >= 15 is 0 Å². The summed E-state index contributed by atoms with van der Waals surface area (Å²) in [5, 5.41) is 26.2. The van der Waals surface area contributed by atoms with E-state index in [-0.39, 0.29) is 6.61 Å². The fourth-order valence-electron chi connectivity index (χ4n) is 4.05. The Morgan fingerprint density at radius 1 is 1.23 bits per heavy atom. The van der Waals surface area contributed by atoms with Crippen molar-refractivity contribution in [2.24, 2.45) is 4.99 Å². The van der Waals surface area contributed by atoms with Crippen LogP contribution >= 0.6 is 0 Å². The highest BCUT2D eigenvalue weighted by molar-refractivity contribution is 5.80. The first-order chi connectivity index (χ1) is 15.1. The average molecular weight is 418 g/mol. The topological polar surface area (TPSA) is 98.5 Å². The molecule has 2 aliphatic heterocycles. The number of aliphatic hydroxyl groups is 1. The maximum atomic E-state index is 9.71. The minimum absolute atomic E-state index is 0.0395. The highest BCUT2D eigenvalue weighted by atomic mass is 16.3. The highest BCUT2D eigenvalue weighted by Crippen LogP contribution is 2.36. The van der Waals surface area contributed by atoms with Crippen molar-refractivity contribution in [3.05, 3.63) is 66.4 Å². The van der Waals surface area contributed by atoms with Gasteiger partial charge in [0.25, 0.3) is 5.82 Å². The van der Waals surface area contributed by atoms with Crippen molar-refractivity contribution in [1.29, 1.82) is 0 Å². The van der Waals surface area contributed by atoms with Crippen LogP contribution in [-0.2, 0) is 0 Å². The second-order valence-corrected chi connectivity index (χ2v) is 7.52. The van der Waals surface area contributed by atoms with E-state index in [1.54, 1.807) is 6.21 Å². The molecule has 0 amide bonds. The predicted octanol–water partition coefficient (Wildman–Crippen LogP) is 1.88. The van der Waals surface area contributed by atoms with Crippen LogP contribution in [0.2, 0.25) is 0 Å². The smallest absolute Gasteiger partial charge is 0.275 e. The van der Waals surface area contributed by atoms with Gasteiger partial charge in [-0.1, -0.05) is 0 Å². The number of nitrogens with zero attached hydrogens (tertiary/aromatic N) is 8. The van der Waals surface area contributed by atoms with E-state index in [1.807, 2.05) is 22.9 Å². The first-order valence-electron chi connectivity index (χ1n) is 10.1. The Morgan fingerprint density at radius 2 is 2.06 bits per heavy atom. The van der Waals surface area contributed by atoms with Crippen LogP contribution in [-0.4, -0.2) is 72.9 Å². The molecule has 0 radical (unpaired) electrons. The van der Waals surface area contributed by atoms with E-state index in [4.69, 9.17) is 0 Å². The Balaban J connectivity index is 1.48. The number of tetrazole rings is 1. The third-order valence-corrected chi connectivity index (χ3v) is 5.78. The van der Waals surface area contributed by atoms with E-state index in [0.717, 1.165) is 41.7 Å². The van der Waals surface area contributed by atoms with Gasteiger partial charge in [0.2, 0.25) is 5.82 Å². The zero-order valence-corrected chi connectivity index (χ0v) is 17.4. The van der Waals surface area contributed by atoms with E-state index in [2.05, 4.69) is 86.2 Å². The zero-order valence-electron chi connectivity index (χ0n) is 17.4. The van der Waals surface area contributed by atoms with E-state index in [9.17, 15) is 5.11 Å². The minimum Gasteiger partial charge on any atom is -0.391 e. The van der Waals surface area contributed by atoms with Gasteiger partial charge < -0.3 is 14.6 Å². The number of aliphatic imine (C=N–C) groups is 1. The lowest BCUT2D eigenvalue weighted by molar-refractivity contribution is -0.852. The molecule has 10 nitrogen and oxygen atoms in total. The molecule has 0 fully saturated rings. The molecule has 4 heterocycles. The van der Waals surface area contributed by atoms with Crippen LogP contribution in [0.4, 0.5) is 5.69 Å². The molecule has 0 aliphatic carbocycles. The number of H-pyrrole nitrogens is 1. The maximum Gasteiger partial charge on any atom is 0.275 e. The Kier molecular flexibility index (Phi) is 4.64. The van der Waals surface area contributed by atoms with Gasteiger partial charge in [0, 0.05) is 24.6 Å². The normalized spacial score (nSPS) is 19.9. The van der Waals surface area contributed by atoms with Crippen molar-refractivity contribution < 1.29 is 9.70 Å². The number of aromatic nitrogens is 5. The summed E-state index contributed by atoms with van der Waals surface area (Å²) in [5.74, 6) is 1.47. The number of benzene rings is 1. The third-order valence-electron chi connectivity index (χ3n) is 5.78. The lowest BCUT2D eigenvalue weighted by Crippen LogP contribution is -2.55. The zero-order chi connectivity index (χ0) is 21.4. The number of quaternary nitrogens is 1. The maximum absolute atomic E-state index is 9.71. The first-order valence-corrected chi connectivity index (χ1v) is 10.1. The van der Waals surface area contributed by atoms with Gasteiger partial charge in [-0.2, -0.15) is 5.21 Å². The van der Waals surface area contributed by atoms with Crippen molar-refractivity contribution >= 4 is 11.9 Å². The molecule has 1 aromatic carbocycles. The molecule has 158 valence electrons. The van der Waals surface area contributed by atoms with Crippen LogP contribution in [0.25, 0.3) is 17.2 Å². The standard InChI is InChI=1S/C21H24N9O/c1-3-28-12-20-22-11-16(14-31)13-30(20,15-28)27(2)17-6-8-18(9-7-17)29-10-4-5-19(29)21-23-25-26-24-21/h4-13,31H,3,14-15H2,1-2H3,(H,23,24,25,26)/q+1. The fourth-order valence-corrected chi connectivity index (χ4v) is 4.05. The Hall–Kier alpha value is -3.76. The number of aromatic amines is 1. The van der Waals surface area contributed by atoms with Crippen LogP contribution < -0.4 is 5.01 Å². The number of nitrogens with one attached hydrogen (secondary N) is 1. The Labute approximate surface area is 179 Å². The predicted molar refractivity (Wildman–Crippen MR) is 117 cm³/mol. The molecule has 2 aliphatic rings. The summed E-state index contributed by atoms with van der Waals surface area (Å²) in [6, 6.07) is 12.2. The van der Waals surface area contributed by atoms with Crippen molar-refractivity contribution in [3.8, 4) is 17.2 Å². The number of anilines is 1. The lowest BCUT2D eigenvalue weighted by atomic mass is 10.2. The van der Waals surface area contributed by atoms with Crippen molar-refractivity contribution in [2.45, 2.75) is 6.92 Å². The summed E-state index contributed by atoms with van der Waals surface area (Å²) in [4.78, 5) is 6.86. The van der Waals surface area contributed by atoms with Crippen LogP contribution in [0.3, 0.4) is 0 Å². The van der Waals surface area contributed by atoms with Crippen molar-refractivity contribution in [2.75, 3.05) is 31.9 Å². The molecule has 2 aromatic heterocycles. The van der Waals surface area contributed by atoms with Gasteiger partial charge in [-0.05, 0) is 48.5 Å². The summed E-state index contributed by atoms with van der Waals surface area (Å²) < 4.78 is 2.44. The van der Waals surface area contributed by atoms with E-state index in [1.165, 1.54) is 0 Å². The first kappa shape index (κ1) is 19.2. The molecule has 0 spiro atoms. The third kappa shape index (κ3) is 3.13. The molecule has 31 heavy (non-hydrogen) atoms. The second-order valence-electron chi connectivity index (χ2n) is 7.52.